The fourth-order valence-corrected chi connectivity index (χ4v) is 5.62. The molecule has 0 aliphatic heterocycles. The summed E-state index contributed by atoms with van der Waals surface area (Å²) in [5, 5.41) is 23.9. The molecular formula is C22H22N4O2S. The maximum atomic E-state index is 10.7. The number of nitrogen functional groups attached to an aromatic ring is 1. The average Bonchev–Trinajstić information content (AvgIpc) is 3.29. The van der Waals surface area contributed by atoms with Gasteiger partial charge in [-0.05, 0) is 29.2 Å². The number of nitrogens with zero attached hydrogens (tertiary/aromatic N) is 2. The Balaban J connectivity index is 1.38. The van der Waals surface area contributed by atoms with Crippen LogP contribution in [0.4, 0.5) is 5.82 Å². The lowest BCUT2D eigenvalue weighted by Crippen LogP contribution is -2.28. The zero-order valence-corrected chi connectivity index (χ0v) is 16.5. The van der Waals surface area contributed by atoms with E-state index in [0.29, 0.717) is 17.8 Å². The Kier molecular flexibility index (Phi) is 4.66. The molecule has 4 unspecified atom stereocenters. The quantitative estimate of drug-likeness (QED) is 0.387. The number of thioether (sulfide) groups is 1. The van der Waals surface area contributed by atoms with E-state index in [4.69, 9.17) is 5.73 Å². The van der Waals surface area contributed by atoms with Gasteiger partial charge in [-0.15, -0.1) is 11.8 Å². The molecular weight excluding hydrogens is 384 g/mol. The number of fused-ring (bicyclic) bond motifs is 2. The highest BCUT2D eigenvalue weighted by Crippen LogP contribution is 2.43. The van der Waals surface area contributed by atoms with E-state index in [2.05, 4.69) is 45.3 Å². The predicted molar refractivity (Wildman–Crippen MR) is 116 cm³/mol. The van der Waals surface area contributed by atoms with Gasteiger partial charge in [0.05, 0.1) is 17.7 Å². The van der Waals surface area contributed by atoms with E-state index in [0.717, 1.165) is 16.8 Å². The summed E-state index contributed by atoms with van der Waals surface area (Å²) in [6, 6.07) is 14.6. The summed E-state index contributed by atoms with van der Waals surface area (Å²) < 4.78 is 0. The minimum atomic E-state index is -0.830. The summed E-state index contributed by atoms with van der Waals surface area (Å²) in [6.45, 7) is 0. The van der Waals surface area contributed by atoms with Crippen molar-refractivity contribution in [3.05, 3.63) is 60.6 Å². The molecule has 1 aliphatic carbocycles. The van der Waals surface area contributed by atoms with Gasteiger partial charge >= 0.3 is 0 Å². The van der Waals surface area contributed by atoms with Gasteiger partial charge < -0.3 is 20.9 Å². The molecule has 4 atom stereocenters. The molecule has 1 aliphatic rings. The van der Waals surface area contributed by atoms with E-state index in [1.54, 1.807) is 11.8 Å². The number of nitrogens with one attached hydrogen (secondary N) is 1. The maximum Gasteiger partial charge on any atom is 0.151 e. The standard InChI is InChI=1S/C22H22N4O2S/c23-22-19-18(25-11-26-22)16(9-24-19)15-8-13(20(27)21(15)28)10-29-17-7-3-5-12-4-1-2-6-14(12)17/h1-7,9,11,13,15,20-21,24,27-28H,8,10H2,(H2,23,25,26). The molecule has 0 amide bonds. The number of nitrogens with two attached hydrogens (primary N) is 1. The zero-order valence-electron chi connectivity index (χ0n) is 15.7. The van der Waals surface area contributed by atoms with Crippen molar-refractivity contribution in [1.82, 2.24) is 15.0 Å². The van der Waals surface area contributed by atoms with Crippen molar-refractivity contribution in [1.29, 1.82) is 0 Å². The fourth-order valence-electron chi connectivity index (χ4n) is 4.38. The number of rotatable bonds is 4. The van der Waals surface area contributed by atoms with E-state index in [-0.39, 0.29) is 11.8 Å². The molecule has 1 fully saturated rings. The van der Waals surface area contributed by atoms with Crippen LogP contribution in [-0.4, -0.2) is 43.1 Å². The molecule has 2 heterocycles. The summed E-state index contributed by atoms with van der Waals surface area (Å²) in [5.74, 6) is 0.925. The molecule has 2 aromatic heterocycles. The van der Waals surface area contributed by atoms with E-state index in [9.17, 15) is 10.2 Å². The lowest BCUT2D eigenvalue weighted by atomic mass is 9.96. The van der Waals surface area contributed by atoms with E-state index in [1.807, 2.05) is 18.3 Å². The Morgan fingerprint density at radius 2 is 1.90 bits per heavy atom. The highest BCUT2D eigenvalue weighted by molar-refractivity contribution is 7.99. The van der Waals surface area contributed by atoms with Crippen molar-refractivity contribution < 1.29 is 10.2 Å². The van der Waals surface area contributed by atoms with Crippen LogP contribution in [0.15, 0.2) is 59.9 Å². The molecule has 0 radical (unpaired) electrons. The first-order valence-electron chi connectivity index (χ1n) is 9.67. The molecule has 0 saturated heterocycles. The number of aliphatic hydroxyl groups is 2. The summed E-state index contributed by atoms with van der Waals surface area (Å²) in [6.07, 6.45) is 2.35. The van der Waals surface area contributed by atoms with Gasteiger partial charge in [-0.1, -0.05) is 36.4 Å². The van der Waals surface area contributed by atoms with Crippen LogP contribution < -0.4 is 5.73 Å². The van der Waals surface area contributed by atoms with Gasteiger partial charge in [0.1, 0.15) is 11.8 Å². The lowest BCUT2D eigenvalue weighted by molar-refractivity contribution is 0.0190. The van der Waals surface area contributed by atoms with Crippen LogP contribution >= 0.6 is 11.8 Å². The molecule has 5 N–H and O–H groups in total. The first-order chi connectivity index (χ1) is 14.1. The third kappa shape index (κ3) is 3.15. The number of H-pyrrole nitrogens is 1. The Bertz CT molecular complexity index is 1170. The van der Waals surface area contributed by atoms with Crippen LogP contribution in [0.1, 0.15) is 17.9 Å². The van der Waals surface area contributed by atoms with Gasteiger partial charge in [-0.25, -0.2) is 9.97 Å². The zero-order chi connectivity index (χ0) is 20.0. The lowest BCUT2D eigenvalue weighted by Gasteiger charge is -2.17. The Morgan fingerprint density at radius 3 is 2.79 bits per heavy atom. The van der Waals surface area contributed by atoms with E-state index >= 15 is 0 Å². The van der Waals surface area contributed by atoms with Crippen LogP contribution in [0.5, 0.6) is 0 Å². The van der Waals surface area contributed by atoms with Gasteiger partial charge in [0, 0.05) is 28.3 Å². The van der Waals surface area contributed by atoms with Gasteiger partial charge in [-0.2, -0.15) is 0 Å². The molecule has 1 saturated carbocycles. The molecule has 148 valence electrons. The van der Waals surface area contributed by atoms with Crippen LogP contribution in [0.2, 0.25) is 0 Å². The summed E-state index contributed by atoms with van der Waals surface area (Å²) in [4.78, 5) is 12.7. The first kappa shape index (κ1) is 18.4. The Hall–Kier alpha value is -2.61. The van der Waals surface area contributed by atoms with Gasteiger partial charge in [0.25, 0.3) is 0 Å². The van der Waals surface area contributed by atoms with Crippen LogP contribution in [-0.2, 0) is 0 Å². The van der Waals surface area contributed by atoms with Crippen molar-refractivity contribution in [2.45, 2.75) is 29.4 Å². The van der Waals surface area contributed by atoms with Crippen LogP contribution in [0.25, 0.3) is 21.8 Å². The Morgan fingerprint density at radius 1 is 1.07 bits per heavy atom. The molecule has 7 heteroatoms. The SMILES string of the molecule is Nc1ncnc2c(C3CC(CSc4cccc5ccccc45)C(O)C3O)c[nH]c12. The minimum Gasteiger partial charge on any atom is -0.390 e. The second-order valence-electron chi connectivity index (χ2n) is 7.60. The Labute approximate surface area is 172 Å². The first-order valence-corrected chi connectivity index (χ1v) is 10.7. The second kappa shape index (κ2) is 7.33. The van der Waals surface area contributed by atoms with Crippen molar-refractivity contribution in [2.75, 3.05) is 11.5 Å². The maximum absolute atomic E-state index is 10.7. The third-order valence-electron chi connectivity index (χ3n) is 5.93. The third-order valence-corrected chi connectivity index (χ3v) is 7.19. The number of anilines is 1. The predicted octanol–water partition coefficient (Wildman–Crippen LogP) is 3.31. The molecule has 4 aromatic rings. The second-order valence-corrected chi connectivity index (χ2v) is 8.66. The topological polar surface area (TPSA) is 108 Å². The number of hydrogen-bond donors (Lipinski definition) is 4. The number of benzene rings is 2. The van der Waals surface area contributed by atoms with Crippen molar-refractivity contribution in [2.24, 2.45) is 5.92 Å². The molecule has 0 bridgehead atoms. The van der Waals surface area contributed by atoms with Gasteiger partial charge in [-0.3, -0.25) is 0 Å². The summed E-state index contributed by atoms with van der Waals surface area (Å²) in [7, 11) is 0. The molecule has 6 nitrogen and oxygen atoms in total. The van der Waals surface area contributed by atoms with Crippen molar-refractivity contribution >= 4 is 39.4 Å². The smallest absolute Gasteiger partial charge is 0.151 e. The number of hydrogen-bond acceptors (Lipinski definition) is 6. The minimum absolute atomic E-state index is 0.0110. The van der Waals surface area contributed by atoms with Gasteiger partial charge in [0.2, 0.25) is 0 Å². The normalized spacial score (nSPS) is 24.5. The summed E-state index contributed by atoms with van der Waals surface area (Å²) >= 11 is 1.73. The fraction of sp³-hybridized carbons (Fsp3) is 0.273. The largest absolute Gasteiger partial charge is 0.390 e. The van der Waals surface area contributed by atoms with Crippen LogP contribution in [0, 0.1) is 5.92 Å². The monoisotopic (exact) mass is 406 g/mol. The van der Waals surface area contributed by atoms with Crippen LogP contribution in [0.3, 0.4) is 0 Å². The van der Waals surface area contributed by atoms with Crippen molar-refractivity contribution in [3.63, 3.8) is 0 Å². The highest BCUT2D eigenvalue weighted by atomic mass is 32.2. The molecule has 5 rings (SSSR count). The molecule has 0 spiro atoms. The summed E-state index contributed by atoms with van der Waals surface area (Å²) in [5.41, 5.74) is 8.20. The van der Waals surface area contributed by atoms with Gasteiger partial charge in [0.15, 0.2) is 5.82 Å². The van der Waals surface area contributed by atoms with E-state index in [1.165, 1.54) is 22.0 Å². The average molecular weight is 407 g/mol. The van der Waals surface area contributed by atoms with Crippen molar-refractivity contribution in [3.8, 4) is 0 Å². The molecule has 29 heavy (non-hydrogen) atoms. The number of aromatic nitrogens is 3. The number of aliphatic hydroxyl groups excluding tert-OH is 2. The molecule has 2 aromatic carbocycles. The number of aromatic amines is 1. The highest BCUT2D eigenvalue weighted by Gasteiger charge is 2.43. The van der Waals surface area contributed by atoms with E-state index < -0.39 is 12.2 Å².